The van der Waals surface area contributed by atoms with Gasteiger partial charge in [0, 0.05) is 6.07 Å². The molecule has 3 rings (SSSR count). The van der Waals surface area contributed by atoms with Gasteiger partial charge >= 0.3 is 0 Å². The van der Waals surface area contributed by atoms with Gasteiger partial charge in [-0.25, -0.2) is 0 Å². The Hall–Kier alpha value is -3.55. The number of rotatable bonds is 5. The van der Waals surface area contributed by atoms with Gasteiger partial charge in [0.1, 0.15) is 11.6 Å². The molecule has 2 aromatic rings. The normalized spacial score (nSPS) is 15.5. The van der Waals surface area contributed by atoms with Gasteiger partial charge in [0.05, 0.1) is 16.5 Å². The summed E-state index contributed by atoms with van der Waals surface area (Å²) in [5.41, 5.74) is -0.231. The molecule has 0 aliphatic carbocycles. The van der Waals surface area contributed by atoms with Crippen LogP contribution >= 0.6 is 0 Å². The van der Waals surface area contributed by atoms with Crippen molar-refractivity contribution in [1.82, 2.24) is 10.2 Å². The fourth-order valence-electron chi connectivity index (χ4n) is 3.61. The molecule has 0 spiro atoms. The predicted molar refractivity (Wildman–Crippen MR) is 110 cm³/mol. The molecule has 2 aromatic carbocycles. The highest BCUT2D eigenvalue weighted by molar-refractivity contribution is 6.24. The number of hydrogen-bond donors (Lipinski definition) is 1. The number of imide groups is 1. The van der Waals surface area contributed by atoms with Gasteiger partial charge in [-0.15, -0.1) is 0 Å². The van der Waals surface area contributed by atoms with Crippen LogP contribution in [0.25, 0.3) is 0 Å². The largest absolute Gasteiger partial charge is 0.347 e. The number of hydrogen-bond acceptors (Lipinski definition) is 5. The molecule has 0 fully saturated rings. The van der Waals surface area contributed by atoms with Crippen molar-refractivity contribution in [3.8, 4) is 0 Å². The molecule has 2 unspecified atom stereocenters. The second-order valence-corrected chi connectivity index (χ2v) is 8.33. The van der Waals surface area contributed by atoms with E-state index in [2.05, 4.69) is 5.32 Å². The van der Waals surface area contributed by atoms with Gasteiger partial charge in [-0.05, 0) is 24.0 Å². The smallest absolute Gasteiger partial charge is 0.282 e. The Morgan fingerprint density at radius 2 is 1.67 bits per heavy atom. The Morgan fingerprint density at radius 3 is 2.23 bits per heavy atom. The highest BCUT2D eigenvalue weighted by atomic mass is 16.6. The lowest BCUT2D eigenvalue weighted by molar-refractivity contribution is -0.385. The fourth-order valence-corrected chi connectivity index (χ4v) is 3.61. The summed E-state index contributed by atoms with van der Waals surface area (Å²) in [6.45, 7) is 7.36. The molecule has 3 amide bonds. The van der Waals surface area contributed by atoms with Crippen LogP contribution in [0.3, 0.4) is 0 Å². The van der Waals surface area contributed by atoms with Crippen molar-refractivity contribution in [2.75, 3.05) is 0 Å². The monoisotopic (exact) mass is 409 g/mol. The highest BCUT2D eigenvalue weighted by Crippen LogP contribution is 2.34. The molecule has 0 bridgehead atoms. The number of carbonyl (C=O) groups excluding carboxylic acids is 3. The summed E-state index contributed by atoms with van der Waals surface area (Å²) in [7, 11) is 0. The maximum Gasteiger partial charge on any atom is 0.282 e. The highest BCUT2D eigenvalue weighted by Gasteiger charge is 2.45. The molecule has 0 aromatic heterocycles. The summed E-state index contributed by atoms with van der Waals surface area (Å²) in [6, 6.07) is 11.8. The maximum atomic E-state index is 13.0. The Labute approximate surface area is 174 Å². The van der Waals surface area contributed by atoms with Crippen molar-refractivity contribution in [2.24, 2.45) is 5.41 Å². The first-order valence-corrected chi connectivity index (χ1v) is 9.54. The van der Waals surface area contributed by atoms with E-state index in [-0.39, 0.29) is 22.6 Å². The molecule has 0 radical (unpaired) electrons. The van der Waals surface area contributed by atoms with E-state index in [1.165, 1.54) is 25.1 Å². The third-order valence-electron chi connectivity index (χ3n) is 5.17. The molecule has 1 aliphatic heterocycles. The number of nitro benzene ring substituents is 1. The van der Waals surface area contributed by atoms with Crippen LogP contribution in [0.2, 0.25) is 0 Å². The molecule has 0 saturated carbocycles. The molecule has 0 saturated heterocycles. The van der Waals surface area contributed by atoms with Gasteiger partial charge in [0.15, 0.2) is 0 Å². The summed E-state index contributed by atoms with van der Waals surface area (Å²) >= 11 is 0. The molecule has 30 heavy (non-hydrogen) atoms. The zero-order valence-corrected chi connectivity index (χ0v) is 17.2. The second kappa shape index (κ2) is 7.70. The van der Waals surface area contributed by atoms with Crippen molar-refractivity contribution in [3.05, 3.63) is 75.3 Å². The Balaban J connectivity index is 1.89. The van der Waals surface area contributed by atoms with Crippen LogP contribution in [-0.2, 0) is 4.79 Å². The van der Waals surface area contributed by atoms with Crippen LogP contribution in [0.1, 0.15) is 60.0 Å². The Kier molecular flexibility index (Phi) is 5.43. The van der Waals surface area contributed by atoms with E-state index in [0.717, 1.165) is 10.5 Å². The lowest BCUT2D eigenvalue weighted by Crippen LogP contribution is -2.50. The van der Waals surface area contributed by atoms with E-state index in [1.54, 1.807) is 0 Å². The van der Waals surface area contributed by atoms with Crippen molar-refractivity contribution in [1.29, 1.82) is 0 Å². The summed E-state index contributed by atoms with van der Waals surface area (Å²) in [4.78, 5) is 50.0. The minimum absolute atomic E-state index is 0.0655. The molecule has 156 valence electrons. The van der Waals surface area contributed by atoms with Gasteiger partial charge in [-0.3, -0.25) is 29.4 Å². The molecule has 2 atom stereocenters. The second-order valence-electron chi connectivity index (χ2n) is 8.33. The maximum absolute atomic E-state index is 13.0. The van der Waals surface area contributed by atoms with Crippen LogP contribution in [0.5, 0.6) is 0 Å². The van der Waals surface area contributed by atoms with Crippen LogP contribution < -0.4 is 5.32 Å². The minimum Gasteiger partial charge on any atom is -0.347 e. The van der Waals surface area contributed by atoms with Crippen molar-refractivity contribution in [3.63, 3.8) is 0 Å². The summed E-state index contributed by atoms with van der Waals surface area (Å²) in [6.07, 6.45) is 0. The van der Waals surface area contributed by atoms with E-state index < -0.39 is 34.4 Å². The van der Waals surface area contributed by atoms with Crippen molar-refractivity contribution < 1.29 is 19.3 Å². The minimum atomic E-state index is -1.13. The van der Waals surface area contributed by atoms with Crippen LogP contribution in [0.15, 0.2) is 48.5 Å². The predicted octanol–water partition coefficient (Wildman–Crippen LogP) is 3.48. The van der Waals surface area contributed by atoms with E-state index >= 15 is 0 Å². The summed E-state index contributed by atoms with van der Waals surface area (Å²) in [5, 5.41) is 14.2. The third kappa shape index (κ3) is 3.68. The van der Waals surface area contributed by atoms with E-state index in [1.807, 2.05) is 51.1 Å². The van der Waals surface area contributed by atoms with Gasteiger partial charge in [0.2, 0.25) is 5.91 Å². The average Bonchev–Trinajstić information content (AvgIpc) is 2.95. The average molecular weight is 409 g/mol. The van der Waals surface area contributed by atoms with Gasteiger partial charge in [0.25, 0.3) is 17.5 Å². The zero-order chi connectivity index (χ0) is 22.2. The van der Waals surface area contributed by atoms with Gasteiger partial charge < -0.3 is 5.32 Å². The topological polar surface area (TPSA) is 110 Å². The first-order chi connectivity index (χ1) is 14.0. The van der Waals surface area contributed by atoms with Crippen LogP contribution in [0, 0.1) is 15.5 Å². The van der Waals surface area contributed by atoms with E-state index in [9.17, 15) is 24.5 Å². The number of amides is 3. The van der Waals surface area contributed by atoms with Gasteiger partial charge in [-0.2, -0.15) is 0 Å². The summed E-state index contributed by atoms with van der Waals surface area (Å²) in [5.74, 6) is -2.07. The molecule has 1 heterocycles. The molecule has 1 N–H and O–H groups in total. The number of carbonyl (C=O) groups is 3. The Bertz CT molecular complexity index is 1030. The first-order valence-electron chi connectivity index (χ1n) is 9.54. The third-order valence-corrected chi connectivity index (χ3v) is 5.17. The van der Waals surface area contributed by atoms with Crippen molar-refractivity contribution >= 4 is 23.4 Å². The standard InChI is InChI=1S/C22H23N3O5/c1-13(19(26)23-18(22(2,3)4)14-9-6-5-7-10-14)24-20(27)15-11-8-12-16(25(29)30)17(15)21(24)28/h5-13,18H,1-4H3,(H,23,26). The van der Waals surface area contributed by atoms with Crippen molar-refractivity contribution in [2.45, 2.75) is 39.8 Å². The van der Waals surface area contributed by atoms with Crippen LogP contribution in [0.4, 0.5) is 5.69 Å². The molecule has 8 heteroatoms. The fraction of sp³-hybridized carbons (Fsp3) is 0.318. The van der Waals surface area contributed by atoms with Crippen LogP contribution in [-0.4, -0.2) is 33.6 Å². The van der Waals surface area contributed by atoms with Gasteiger partial charge in [-0.1, -0.05) is 57.2 Å². The quantitative estimate of drug-likeness (QED) is 0.462. The number of benzene rings is 2. The molecule has 8 nitrogen and oxygen atoms in total. The first kappa shape index (κ1) is 21.2. The number of nitrogens with one attached hydrogen (secondary N) is 1. The molecular formula is C22H23N3O5. The number of nitrogens with zero attached hydrogens (tertiary/aromatic N) is 2. The summed E-state index contributed by atoms with van der Waals surface area (Å²) < 4.78 is 0. The SMILES string of the molecule is CC(C(=O)NC(c1ccccc1)C(C)(C)C)N1C(=O)c2cccc([N+](=O)[O-])c2C1=O. The lowest BCUT2D eigenvalue weighted by atomic mass is 9.82. The number of fused-ring (bicyclic) bond motifs is 1. The Morgan fingerprint density at radius 1 is 1.03 bits per heavy atom. The zero-order valence-electron chi connectivity index (χ0n) is 17.2. The lowest BCUT2D eigenvalue weighted by Gasteiger charge is -2.33. The van der Waals surface area contributed by atoms with E-state index in [0.29, 0.717) is 0 Å². The molecule has 1 aliphatic rings. The number of nitro groups is 1. The van der Waals surface area contributed by atoms with E-state index in [4.69, 9.17) is 0 Å². The molecular weight excluding hydrogens is 386 g/mol.